The number of likely N-dealkylation sites (tertiary alicyclic amines) is 1. The Balaban J connectivity index is 2.21. The minimum absolute atomic E-state index is 0.489. The van der Waals surface area contributed by atoms with Crippen molar-refractivity contribution in [2.75, 3.05) is 32.1 Å². The molecule has 0 atom stereocenters. The summed E-state index contributed by atoms with van der Waals surface area (Å²) in [5, 5.41) is 9.26. The van der Waals surface area contributed by atoms with Crippen LogP contribution in [0.4, 0.5) is 5.82 Å². The second kappa shape index (κ2) is 5.36. The average molecular weight is 244 g/mol. The molecule has 0 saturated carbocycles. The van der Waals surface area contributed by atoms with Gasteiger partial charge in [0, 0.05) is 19.3 Å². The van der Waals surface area contributed by atoms with Crippen molar-refractivity contribution in [1.29, 1.82) is 5.26 Å². The fourth-order valence-corrected chi connectivity index (χ4v) is 2.50. The maximum atomic E-state index is 9.26. The highest BCUT2D eigenvalue weighted by Crippen LogP contribution is 2.24. The number of pyridine rings is 1. The largest absolute Gasteiger partial charge is 0.355 e. The number of aryl methyl sites for hydroxylation is 1. The van der Waals surface area contributed by atoms with Gasteiger partial charge in [0.25, 0.3) is 0 Å². The van der Waals surface area contributed by atoms with Gasteiger partial charge in [-0.2, -0.15) is 5.26 Å². The van der Waals surface area contributed by atoms with Gasteiger partial charge in [-0.1, -0.05) is 0 Å². The molecule has 4 heteroatoms. The number of anilines is 1. The number of aromatic nitrogens is 1. The Hall–Kier alpha value is -1.60. The number of piperidine rings is 1. The quantitative estimate of drug-likeness (QED) is 0.795. The minimum atomic E-state index is 0.489. The van der Waals surface area contributed by atoms with E-state index in [1.165, 1.54) is 0 Å². The fourth-order valence-electron chi connectivity index (χ4n) is 2.50. The van der Waals surface area contributed by atoms with Crippen LogP contribution in [0.2, 0.25) is 0 Å². The van der Waals surface area contributed by atoms with Crippen LogP contribution in [0.5, 0.6) is 0 Å². The first kappa shape index (κ1) is 12.8. The Bertz CT molecular complexity index is 455. The van der Waals surface area contributed by atoms with Crippen LogP contribution in [0.3, 0.4) is 0 Å². The molecule has 0 bridgehead atoms. The second-order valence-corrected chi connectivity index (χ2v) is 5.08. The van der Waals surface area contributed by atoms with E-state index < -0.39 is 0 Å². The van der Waals surface area contributed by atoms with Gasteiger partial charge in [0.2, 0.25) is 0 Å². The molecule has 0 aliphatic carbocycles. The van der Waals surface area contributed by atoms with E-state index in [1.807, 2.05) is 13.0 Å². The lowest BCUT2D eigenvalue weighted by Crippen LogP contribution is -2.42. The molecule has 0 spiro atoms. The summed E-state index contributed by atoms with van der Waals surface area (Å²) < 4.78 is 0. The molecule has 96 valence electrons. The molecule has 1 aliphatic rings. The van der Waals surface area contributed by atoms with Gasteiger partial charge in [-0.25, -0.2) is 4.98 Å². The average Bonchev–Trinajstić information content (AvgIpc) is 2.38. The molecular formula is C14H20N4. The summed E-state index contributed by atoms with van der Waals surface area (Å²) in [6.07, 6.45) is 4.05. The predicted octanol–water partition coefficient (Wildman–Crippen LogP) is 1.79. The predicted molar refractivity (Wildman–Crippen MR) is 72.6 cm³/mol. The molecule has 0 aromatic carbocycles. The third-order valence-electron chi connectivity index (χ3n) is 3.82. The van der Waals surface area contributed by atoms with Gasteiger partial charge >= 0.3 is 0 Å². The van der Waals surface area contributed by atoms with E-state index in [9.17, 15) is 5.26 Å². The summed E-state index contributed by atoms with van der Waals surface area (Å²) in [7, 11) is 4.21. The number of rotatable bonds is 2. The summed E-state index contributed by atoms with van der Waals surface area (Å²) in [5.74, 6) is 0.826. The van der Waals surface area contributed by atoms with Crippen molar-refractivity contribution >= 4 is 5.82 Å². The molecule has 0 amide bonds. The highest BCUT2D eigenvalue weighted by Gasteiger charge is 2.23. The Kier molecular flexibility index (Phi) is 3.83. The molecule has 0 N–H and O–H groups in total. The first-order valence-electron chi connectivity index (χ1n) is 6.40. The summed E-state index contributed by atoms with van der Waals surface area (Å²) in [6, 6.07) is 4.66. The van der Waals surface area contributed by atoms with Crippen LogP contribution in [0.25, 0.3) is 0 Å². The van der Waals surface area contributed by atoms with Crippen LogP contribution in [0.15, 0.2) is 12.3 Å². The van der Waals surface area contributed by atoms with Gasteiger partial charge < -0.3 is 9.80 Å². The molecule has 2 heterocycles. The molecular weight excluding hydrogens is 224 g/mol. The monoisotopic (exact) mass is 244 g/mol. The van der Waals surface area contributed by atoms with E-state index in [-0.39, 0.29) is 0 Å². The Morgan fingerprint density at radius 3 is 2.72 bits per heavy atom. The number of nitrogens with zero attached hydrogens (tertiary/aromatic N) is 4. The second-order valence-electron chi connectivity index (χ2n) is 5.08. The topological polar surface area (TPSA) is 43.2 Å². The molecule has 18 heavy (non-hydrogen) atoms. The molecule has 4 nitrogen and oxygen atoms in total. The summed E-state index contributed by atoms with van der Waals surface area (Å²) in [5.41, 5.74) is 1.71. The van der Waals surface area contributed by atoms with Crippen LogP contribution in [0, 0.1) is 18.3 Å². The standard InChI is InChI=1S/C14H20N4/c1-11-4-7-16-14(13(11)10-15)18(3)12-5-8-17(2)9-6-12/h4,7,12H,5-6,8-9H2,1-3H3. The third kappa shape index (κ3) is 2.46. The van der Waals surface area contributed by atoms with Gasteiger partial charge in [0.15, 0.2) is 0 Å². The Labute approximate surface area is 109 Å². The van der Waals surface area contributed by atoms with E-state index in [0.29, 0.717) is 11.6 Å². The zero-order valence-electron chi connectivity index (χ0n) is 11.3. The molecule has 1 fully saturated rings. The zero-order valence-corrected chi connectivity index (χ0v) is 11.3. The first-order valence-corrected chi connectivity index (χ1v) is 6.40. The summed E-state index contributed by atoms with van der Waals surface area (Å²) >= 11 is 0. The van der Waals surface area contributed by atoms with Gasteiger partial charge in [0.05, 0.1) is 5.56 Å². The SMILES string of the molecule is Cc1ccnc(N(C)C2CCN(C)CC2)c1C#N. The van der Waals surface area contributed by atoms with Crippen LogP contribution in [-0.4, -0.2) is 43.1 Å². The summed E-state index contributed by atoms with van der Waals surface area (Å²) in [4.78, 5) is 8.92. The highest BCUT2D eigenvalue weighted by atomic mass is 15.2. The van der Waals surface area contributed by atoms with Crippen molar-refractivity contribution in [2.45, 2.75) is 25.8 Å². The lowest BCUT2D eigenvalue weighted by Gasteiger charge is -2.36. The Morgan fingerprint density at radius 1 is 1.44 bits per heavy atom. The normalized spacial score (nSPS) is 17.4. The van der Waals surface area contributed by atoms with E-state index in [4.69, 9.17) is 0 Å². The van der Waals surface area contributed by atoms with Gasteiger partial charge in [-0.3, -0.25) is 0 Å². The molecule has 1 aromatic rings. The van der Waals surface area contributed by atoms with Crippen LogP contribution >= 0.6 is 0 Å². The molecule has 2 rings (SSSR count). The molecule has 1 aromatic heterocycles. The van der Waals surface area contributed by atoms with E-state index in [2.05, 4.69) is 34.9 Å². The zero-order chi connectivity index (χ0) is 13.1. The number of hydrogen-bond donors (Lipinski definition) is 0. The first-order chi connectivity index (χ1) is 8.63. The van der Waals surface area contributed by atoms with E-state index >= 15 is 0 Å². The lowest BCUT2D eigenvalue weighted by atomic mass is 10.0. The number of nitriles is 1. The van der Waals surface area contributed by atoms with E-state index in [0.717, 1.165) is 37.3 Å². The van der Waals surface area contributed by atoms with Crippen molar-refractivity contribution < 1.29 is 0 Å². The smallest absolute Gasteiger partial charge is 0.146 e. The van der Waals surface area contributed by atoms with E-state index in [1.54, 1.807) is 6.20 Å². The third-order valence-corrected chi connectivity index (χ3v) is 3.82. The van der Waals surface area contributed by atoms with Crippen molar-refractivity contribution in [3.05, 3.63) is 23.4 Å². The minimum Gasteiger partial charge on any atom is -0.355 e. The fraction of sp³-hybridized carbons (Fsp3) is 0.571. The van der Waals surface area contributed by atoms with Gasteiger partial charge in [0.1, 0.15) is 11.9 Å². The van der Waals surface area contributed by atoms with Gasteiger partial charge in [-0.05, 0) is 51.5 Å². The Morgan fingerprint density at radius 2 is 2.11 bits per heavy atom. The molecule has 0 radical (unpaired) electrons. The van der Waals surface area contributed by atoms with Crippen LogP contribution in [0.1, 0.15) is 24.0 Å². The highest BCUT2D eigenvalue weighted by molar-refractivity contribution is 5.57. The lowest BCUT2D eigenvalue weighted by molar-refractivity contribution is 0.252. The van der Waals surface area contributed by atoms with Crippen LogP contribution in [-0.2, 0) is 0 Å². The van der Waals surface area contributed by atoms with Crippen molar-refractivity contribution in [3.8, 4) is 6.07 Å². The molecule has 1 aliphatic heterocycles. The number of hydrogen-bond acceptors (Lipinski definition) is 4. The maximum absolute atomic E-state index is 9.26. The summed E-state index contributed by atoms with van der Waals surface area (Å²) in [6.45, 7) is 4.19. The van der Waals surface area contributed by atoms with Gasteiger partial charge in [-0.15, -0.1) is 0 Å². The van der Waals surface area contributed by atoms with Crippen molar-refractivity contribution in [1.82, 2.24) is 9.88 Å². The van der Waals surface area contributed by atoms with Crippen molar-refractivity contribution in [3.63, 3.8) is 0 Å². The van der Waals surface area contributed by atoms with Crippen LogP contribution < -0.4 is 4.90 Å². The molecule has 1 saturated heterocycles. The maximum Gasteiger partial charge on any atom is 0.146 e. The molecule has 0 unspecified atom stereocenters. The van der Waals surface area contributed by atoms with Crippen molar-refractivity contribution in [2.24, 2.45) is 0 Å².